The zero-order valence-electron chi connectivity index (χ0n) is 16.6. The molecule has 150 valence electrons. The Morgan fingerprint density at radius 2 is 2.03 bits per heavy atom. The van der Waals surface area contributed by atoms with Gasteiger partial charge >= 0.3 is 0 Å². The maximum absolute atomic E-state index is 13.0. The van der Waals surface area contributed by atoms with Gasteiger partial charge in [-0.2, -0.15) is 0 Å². The van der Waals surface area contributed by atoms with Gasteiger partial charge in [0.2, 0.25) is 0 Å². The molecule has 0 radical (unpaired) electrons. The number of thiazole rings is 1. The molecule has 1 heterocycles. The van der Waals surface area contributed by atoms with Crippen molar-refractivity contribution in [2.24, 2.45) is 0 Å². The summed E-state index contributed by atoms with van der Waals surface area (Å²) < 4.78 is 11.1. The number of aromatic nitrogens is 1. The minimum atomic E-state index is -0.620. The lowest BCUT2D eigenvalue weighted by molar-refractivity contribution is -0.129. The molecule has 1 aromatic heterocycles. The Kier molecular flexibility index (Phi) is 7.16. The average Bonchev–Trinajstić information content (AvgIpc) is 3.26. The Hall–Kier alpha value is -2.96. The monoisotopic (exact) mass is 408 g/mol. The van der Waals surface area contributed by atoms with Gasteiger partial charge in [0, 0.05) is 17.5 Å². The summed E-state index contributed by atoms with van der Waals surface area (Å²) in [6, 6.07) is 17.5. The quantitative estimate of drug-likeness (QED) is 0.471. The molecule has 6 heteroatoms. The fourth-order valence-corrected chi connectivity index (χ4v) is 3.64. The first kappa shape index (κ1) is 20.8. The minimum absolute atomic E-state index is 0.151. The van der Waals surface area contributed by atoms with Crippen molar-refractivity contribution in [1.82, 2.24) is 4.98 Å². The van der Waals surface area contributed by atoms with Crippen LogP contribution in [0.4, 0.5) is 5.13 Å². The van der Waals surface area contributed by atoms with E-state index >= 15 is 0 Å². The van der Waals surface area contributed by atoms with Crippen molar-refractivity contribution >= 4 is 22.4 Å². The van der Waals surface area contributed by atoms with Crippen LogP contribution in [0.25, 0.3) is 11.3 Å². The second kappa shape index (κ2) is 10.0. The highest BCUT2D eigenvalue weighted by Gasteiger charge is 2.24. The van der Waals surface area contributed by atoms with Crippen LogP contribution >= 0.6 is 11.3 Å². The molecule has 0 N–H and O–H groups in total. The fourth-order valence-electron chi connectivity index (χ4n) is 2.80. The molecule has 5 nitrogen and oxygen atoms in total. The average molecular weight is 409 g/mol. The van der Waals surface area contributed by atoms with Crippen molar-refractivity contribution < 1.29 is 14.3 Å². The predicted molar refractivity (Wildman–Crippen MR) is 117 cm³/mol. The third kappa shape index (κ3) is 5.31. The van der Waals surface area contributed by atoms with Crippen molar-refractivity contribution in [3.8, 4) is 17.0 Å². The van der Waals surface area contributed by atoms with Crippen LogP contribution in [0, 0.1) is 0 Å². The van der Waals surface area contributed by atoms with Crippen molar-refractivity contribution in [3.05, 3.63) is 78.2 Å². The molecule has 0 aliphatic heterocycles. The molecule has 0 bridgehead atoms. The minimum Gasteiger partial charge on any atom is -0.497 e. The third-order valence-electron chi connectivity index (χ3n) is 4.35. The molecule has 0 aliphatic carbocycles. The number of rotatable bonds is 9. The van der Waals surface area contributed by atoms with Gasteiger partial charge in [-0.15, -0.1) is 17.9 Å². The fraction of sp³-hybridized carbons (Fsp3) is 0.217. The molecule has 0 saturated heterocycles. The van der Waals surface area contributed by atoms with Gasteiger partial charge in [0.05, 0.1) is 19.4 Å². The van der Waals surface area contributed by atoms with Gasteiger partial charge in [0.1, 0.15) is 11.9 Å². The molecular weight excluding hydrogens is 384 g/mol. The van der Waals surface area contributed by atoms with Gasteiger partial charge in [-0.05, 0) is 24.6 Å². The Balaban J connectivity index is 1.70. The van der Waals surface area contributed by atoms with Crippen molar-refractivity contribution in [2.45, 2.75) is 19.6 Å². The van der Waals surface area contributed by atoms with Crippen LogP contribution in [0.2, 0.25) is 0 Å². The van der Waals surface area contributed by atoms with E-state index in [-0.39, 0.29) is 5.91 Å². The molecular formula is C23H24N2O3S. The van der Waals surface area contributed by atoms with Gasteiger partial charge in [0.15, 0.2) is 5.13 Å². The number of nitrogens with zero attached hydrogens (tertiary/aromatic N) is 2. The van der Waals surface area contributed by atoms with Crippen LogP contribution in [-0.4, -0.2) is 30.6 Å². The SMILES string of the molecule is C=CCN(C(=O)C(C)OCc1cccc(OC)c1)c1nc(-c2ccccc2)cs1. The van der Waals surface area contributed by atoms with E-state index in [4.69, 9.17) is 9.47 Å². The first-order valence-electron chi connectivity index (χ1n) is 9.30. The van der Waals surface area contributed by atoms with Gasteiger partial charge in [0.25, 0.3) is 5.91 Å². The first-order chi connectivity index (χ1) is 14.1. The van der Waals surface area contributed by atoms with Crippen LogP contribution in [-0.2, 0) is 16.1 Å². The highest BCUT2D eigenvalue weighted by Crippen LogP contribution is 2.28. The Bertz CT molecular complexity index is 956. The summed E-state index contributed by atoms with van der Waals surface area (Å²) in [5.41, 5.74) is 2.81. The molecule has 1 atom stereocenters. The number of amides is 1. The first-order valence-corrected chi connectivity index (χ1v) is 10.2. The molecule has 0 saturated carbocycles. The highest BCUT2D eigenvalue weighted by atomic mass is 32.1. The topological polar surface area (TPSA) is 51.7 Å². The van der Waals surface area contributed by atoms with Crippen molar-refractivity contribution in [3.63, 3.8) is 0 Å². The lowest BCUT2D eigenvalue weighted by Crippen LogP contribution is -2.39. The van der Waals surface area contributed by atoms with Crippen LogP contribution in [0.5, 0.6) is 5.75 Å². The summed E-state index contributed by atoms with van der Waals surface area (Å²) in [7, 11) is 1.62. The standard InChI is InChI=1S/C23H24N2O3S/c1-4-13-25(23-24-21(16-29-23)19-10-6-5-7-11-19)22(26)17(2)28-15-18-9-8-12-20(14-18)27-3/h4-12,14,16-17H,1,13,15H2,2-3H3. The number of carbonyl (C=O) groups is 1. The Morgan fingerprint density at radius 3 is 2.76 bits per heavy atom. The second-order valence-electron chi connectivity index (χ2n) is 6.42. The van der Waals surface area contributed by atoms with E-state index in [1.54, 1.807) is 25.0 Å². The molecule has 1 unspecified atom stereocenters. The third-order valence-corrected chi connectivity index (χ3v) is 5.22. The number of hydrogen-bond donors (Lipinski definition) is 0. The van der Waals surface area contributed by atoms with E-state index in [9.17, 15) is 4.79 Å². The normalized spacial score (nSPS) is 11.7. The zero-order chi connectivity index (χ0) is 20.6. The highest BCUT2D eigenvalue weighted by molar-refractivity contribution is 7.14. The molecule has 3 aromatic rings. The largest absolute Gasteiger partial charge is 0.497 e. The zero-order valence-corrected chi connectivity index (χ0v) is 17.4. The van der Waals surface area contributed by atoms with Crippen molar-refractivity contribution in [1.29, 1.82) is 0 Å². The van der Waals surface area contributed by atoms with Crippen LogP contribution in [0.1, 0.15) is 12.5 Å². The van der Waals surface area contributed by atoms with Crippen LogP contribution < -0.4 is 9.64 Å². The molecule has 0 aliphatic rings. The number of ether oxygens (including phenoxy) is 2. The summed E-state index contributed by atoms with van der Waals surface area (Å²) in [5, 5.41) is 2.58. The summed E-state index contributed by atoms with van der Waals surface area (Å²) in [4.78, 5) is 19.3. The lowest BCUT2D eigenvalue weighted by atomic mass is 10.2. The van der Waals surface area contributed by atoms with E-state index in [1.165, 1.54) is 11.3 Å². The van der Waals surface area contributed by atoms with E-state index in [0.29, 0.717) is 18.3 Å². The van der Waals surface area contributed by atoms with E-state index in [1.807, 2.05) is 60.0 Å². The number of anilines is 1. The molecule has 2 aromatic carbocycles. The summed E-state index contributed by atoms with van der Waals surface area (Å²) in [6.07, 6.45) is 1.07. The predicted octanol–water partition coefficient (Wildman–Crippen LogP) is 4.94. The van der Waals surface area contributed by atoms with E-state index < -0.39 is 6.10 Å². The van der Waals surface area contributed by atoms with Crippen molar-refractivity contribution in [2.75, 3.05) is 18.6 Å². The maximum atomic E-state index is 13.0. The smallest absolute Gasteiger partial charge is 0.257 e. The molecule has 3 rings (SSSR count). The van der Waals surface area contributed by atoms with Gasteiger partial charge < -0.3 is 9.47 Å². The van der Waals surface area contributed by atoms with E-state index in [2.05, 4.69) is 11.6 Å². The molecule has 1 amide bonds. The van der Waals surface area contributed by atoms with Gasteiger partial charge in [-0.25, -0.2) is 4.98 Å². The number of hydrogen-bond acceptors (Lipinski definition) is 5. The number of benzene rings is 2. The summed E-state index contributed by atoms with van der Waals surface area (Å²) in [5.74, 6) is 0.608. The van der Waals surface area contributed by atoms with Crippen LogP contribution in [0.15, 0.2) is 72.6 Å². The van der Waals surface area contributed by atoms with Gasteiger partial charge in [-0.3, -0.25) is 9.69 Å². The van der Waals surface area contributed by atoms with Gasteiger partial charge in [-0.1, -0.05) is 48.5 Å². The summed E-state index contributed by atoms with van der Waals surface area (Å²) in [6.45, 7) is 6.21. The maximum Gasteiger partial charge on any atom is 0.257 e. The molecule has 0 spiro atoms. The molecule has 29 heavy (non-hydrogen) atoms. The lowest BCUT2D eigenvalue weighted by Gasteiger charge is -2.22. The second-order valence-corrected chi connectivity index (χ2v) is 7.26. The van der Waals surface area contributed by atoms with E-state index in [0.717, 1.165) is 22.6 Å². The summed E-state index contributed by atoms with van der Waals surface area (Å²) >= 11 is 1.43. The Labute approximate surface area is 175 Å². The molecule has 0 fully saturated rings. The number of methoxy groups -OCH3 is 1. The number of carbonyl (C=O) groups excluding carboxylic acids is 1. The van der Waals surface area contributed by atoms with Crippen LogP contribution in [0.3, 0.4) is 0 Å². The Morgan fingerprint density at radius 1 is 1.24 bits per heavy atom.